The molecule has 1 N–H and O–H groups in total. The lowest BCUT2D eigenvalue weighted by Gasteiger charge is -2.12. The van der Waals surface area contributed by atoms with Gasteiger partial charge in [-0.25, -0.2) is 5.01 Å². The molecule has 0 saturated heterocycles. The third-order valence-electron chi connectivity index (χ3n) is 0.942. The zero-order chi connectivity index (χ0) is 8.15. The van der Waals surface area contributed by atoms with Gasteiger partial charge in [0.2, 0.25) is 5.91 Å². The predicted octanol–water partition coefficient (Wildman–Crippen LogP) is 0.625. The van der Waals surface area contributed by atoms with Crippen molar-refractivity contribution in [3.63, 3.8) is 0 Å². The molecule has 3 heteroatoms. The SMILES string of the molecule is CC(C)CC(=O)NN(C)C. The Morgan fingerprint density at radius 1 is 1.50 bits per heavy atom. The van der Waals surface area contributed by atoms with E-state index in [1.165, 1.54) is 0 Å². The van der Waals surface area contributed by atoms with Crippen LogP contribution >= 0.6 is 0 Å². The molecule has 0 aromatic carbocycles. The fraction of sp³-hybridized carbons (Fsp3) is 0.857. The minimum Gasteiger partial charge on any atom is -0.289 e. The summed E-state index contributed by atoms with van der Waals surface area (Å²) in [6.07, 6.45) is 0.595. The maximum absolute atomic E-state index is 10.9. The van der Waals surface area contributed by atoms with Crippen LogP contribution in [0.4, 0.5) is 0 Å². The highest BCUT2D eigenvalue weighted by atomic mass is 16.2. The number of nitrogens with one attached hydrogen (secondary N) is 1. The van der Waals surface area contributed by atoms with Crippen molar-refractivity contribution in [1.29, 1.82) is 0 Å². The molecule has 0 unspecified atom stereocenters. The maximum Gasteiger partial charge on any atom is 0.234 e. The molecule has 0 aliphatic heterocycles. The number of carbonyl (C=O) groups excluding carboxylic acids is 1. The van der Waals surface area contributed by atoms with Crippen LogP contribution in [0.25, 0.3) is 0 Å². The Hall–Kier alpha value is -0.570. The van der Waals surface area contributed by atoms with Gasteiger partial charge in [0.05, 0.1) is 0 Å². The smallest absolute Gasteiger partial charge is 0.234 e. The summed E-state index contributed by atoms with van der Waals surface area (Å²) in [4.78, 5) is 10.9. The van der Waals surface area contributed by atoms with Crippen molar-refractivity contribution < 1.29 is 4.79 Å². The van der Waals surface area contributed by atoms with E-state index in [0.29, 0.717) is 12.3 Å². The van der Waals surface area contributed by atoms with E-state index in [1.54, 1.807) is 19.1 Å². The molecule has 10 heavy (non-hydrogen) atoms. The lowest BCUT2D eigenvalue weighted by atomic mass is 10.1. The second-order valence-electron chi connectivity index (χ2n) is 3.03. The van der Waals surface area contributed by atoms with E-state index in [4.69, 9.17) is 0 Å². The summed E-state index contributed by atoms with van der Waals surface area (Å²) in [7, 11) is 3.61. The minimum absolute atomic E-state index is 0.0833. The van der Waals surface area contributed by atoms with Gasteiger partial charge in [-0.15, -0.1) is 0 Å². The van der Waals surface area contributed by atoms with Crippen LogP contribution in [-0.4, -0.2) is 25.0 Å². The van der Waals surface area contributed by atoms with Crippen molar-refractivity contribution in [2.45, 2.75) is 20.3 Å². The highest BCUT2D eigenvalue weighted by molar-refractivity contribution is 5.75. The zero-order valence-electron chi connectivity index (χ0n) is 7.14. The Bertz CT molecular complexity index is 98.2. The Morgan fingerprint density at radius 2 is 2.00 bits per heavy atom. The molecule has 0 aliphatic carbocycles. The normalized spacial score (nSPS) is 10.6. The molecular formula is C7H16N2O. The van der Waals surface area contributed by atoms with Crippen LogP contribution in [0, 0.1) is 5.92 Å². The summed E-state index contributed by atoms with van der Waals surface area (Å²) in [5.74, 6) is 0.514. The Balaban J connectivity index is 3.44. The predicted molar refractivity (Wildman–Crippen MR) is 41.3 cm³/mol. The van der Waals surface area contributed by atoms with Gasteiger partial charge in [0.25, 0.3) is 0 Å². The molecule has 0 bridgehead atoms. The van der Waals surface area contributed by atoms with Gasteiger partial charge in [-0.05, 0) is 5.92 Å². The van der Waals surface area contributed by atoms with E-state index < -0.39 is 0 Å². The zero-order valence-corrected chi connectivity index (χ0v) is 7.14. The lowest BCUT2D eigenvalue weighted by Crippen LogP contribution is -2.36. The van der Waals surface area contributed by atoms with E-state index in [-0.39, 0.29) is 5.91 Å². The van der Waals surface area contributed by atoms with Gasteiger partial charge in [0.1, 0.15) is 0 Å². The van der Waals surface area contributed by atoms with Crippen molar-refractivity contribution in [2.75, 3.05) is 14.1 Å². The molecule has 0 spiro atoms. The number of amides is 1. The Morgan fingerprint density at radius 3 is 2.30 bits per heavy atom. The molecule has 60 valence electrons. The number of nitrogens with zero attached hydrogens (tertiary/aromatic N) is 1. The molecule has 0 fully saturated rings. The van der Waals surface area contributed by atoms with E-state index in [0.717, 1.165) is 0 Å². The summed E-state index contributed by atoms with van der Waals surface area (Å²) < 4.78 is 0. The first kappa shape index (κ1) is 9.43. The largest absolute Gasteiger partial charge is 0.289 e. The molecule has 1 amide bonds. The minimum atomic E-state index is 0.0833. The van der Waals surface area contributed by atoms with Crippen LogP contribution in [0.1, 0.15) is 20.3 Å². The summed E-state index contributed by atoms with van der Waals surface area (Å²) in [5, 5.41) is 1.66. The van der Waals surface area contributed by atoms with Gasteiger partial charge in [0, 0.05) is 20.5 Å². The third kappa shape index (κ3) is 5.56. The molecule has 3 nitrogen and oxygen atoms in total. The van der Waals surface area contributed by atoms with Crippen LogP contribution in [0.2, 0.25) is 0 Å². The summed E-state index contributed by atoms with van der Waals surface area (Å²) in [6.45, 7) is 4.05. The molecule has 0 rings (SSSR count). The Kier molecular flexibility index (Phi) is 4.03. The average molecular weight is 144 g/mol. The number of hydrogen-bond donors (Lipinski definition) is 1. The van der Waals surface area contributed by atoms with Crippen molar-refractivity contribution in [1.82, 2.24) is 10.4 Å². The van der Waals surface area contributed by atoms with Gasteiger partial charge in [-0.2, -0.15) is 0 Å². The first-order valence-electron chi connectivity index (χ1n) is 3.49. The van der Waals surface area contributed by atoms with Crippen molar-refractivity contribution in [2.24, 2.45) is 5.92 Å². The Labute approximate surface area is 62.4 Å². The van der Waals surface area contributed by atoms with Gasteiger partial charge in [-0.3, -0.25) is 10.2 Å². The first-order valence-corrected chi connectivity index (χ1v) is 3.49. The van der Waals surface area contributed by atoms with Crippen molar-refractivity contribution >= 4 is 5.91 Å². The van der Waals surface area contributed by atoms with Gasteiger partial charge >= 0.3 is 0 Å². The van der Waals surface area contributed by atoms with E-state index in [2.05, 4.69) is 5.43 Å². The lowest BCUT2D eigenvalue weighted by molar-refractivity contribution is -0.125. The monoisotopic (exact) mass is 144 g/mol. The van der Waals surface area contributed by atoms with Crippen LogP contribution in [-0.2, 0) is 4.79 Å². The summed E-state index contributed by atoms with van der Waals surface area (Å²) >= 11 is 0. The van der Waals surface area contributed by atoms with Crippen molar-refractivity contribution in [3.8, 4) is 0 Å². The molecule has 0 aliphatic rings. The number of carbonyl (C=O) groups is 1. The molecular weight excluding hydrogens is 128 g/mol. The standard InChI is InChI=1S/C7H16N2O/c1-6(2)5-7(10)8-9(3)4/h6H,5H2,1-4H3,(H,8,10). The highest BCUT2D eigenvalue weighted by Crippen LogP contribution is 1.97. The van der Waals surface area contributed by atoms with Crippen LogP contribution < -0.4 is 5.43 Å². The maximum atomic E-state index is 10.9. The third-order valence-corrected chi connectivity index (χ3v) is 0.942. The second-order valence-corrected chi connectivity index (χ2v) is 3.03. The molecule has 0 aromatic heterocycles. The molecule has 0 heterocycles. The van der Waals surface area contributed by atoms with Gasteiger partial charge < -0.3 is 0 Å². The fourth-order valence-electron chi connectivity index (χ4n) is 0.666. The summed E-state index contributed by atoms with van der Waals surface area (Å²) in [6, 6.07) is 0. The fourth-order valence-corrected chi connectivity index (χ4v) is 0.666. The first-order chi connectivity index (χ1) is 4.52. The molecule has 0 saturated carbocycles. The topological polar surface area (TPSA) is 32.3 Å². The number of hydrogen-bond acceptors (Lipinski definition) is 2. The summed E-state index contributed by atoms with van der Waals surface area (Å²) in [5.41, 5.74) is 2.67. The second kappa shape index (κ2) is 4.28. The van der Waals surface area contributed by atoms with Gasteiger partial charge in [0.15, 0.2) is 0 Å². The number of hydrazine groups is 1. The molecule has 0 aromatic rings. The van der Waals surface area contributed by atoms with Gasteiger partial charge in [-0.1, -0.05) is 13.8 Å². The van der Waals surface area contributed by atoms with Crippen LogP contribution in [0.5, 0.6) is 0 Å². The van der Waals surface area contributed by atoms with E-state index >= 15 is 0 Å². The highest BCUT2D eigenvalue weighted by Gasteiger charge is 2.03. The van der Waals surface area contributed by atoms with E-state index in [1.807, 2.05) is 13.8 Å². The average Bonchev–Trinajstić information content (AvgIpc) is 1.58. The van der Waals surface area contributed by atoms with Crippen LogP contribution in [0.3, 0.4) is 0 Å². The molecule has 0 atom stereocenters. The molecule has 0 radical (unpaired) electrons. The van der Waals surface area contributed by atoms with Crippen LogP contribution in [0.15, 0.2) is 0 Å². The quantitative estimate of drug-likeness (QED) is 0.589. The van der Waals surface area contributed by atoms with E-state index in [9.17, 15) is 4.79 Å². The number of rotatable bonds is 3. The van der Waals surface area contributed by atoms with Crippen molar-refractivity contribution in [3.05, 3.63) is 0 Å².